The van der Waals surface area contributed by atoms with E-state index in [2.05, 4.69) is 20.4 Å². The van der Waals surface area contributed by atoms with Crippen molar-refractivity contribution >= 4 is 22.4 Å². The number of rotatable bonds is 10. The summed E-state index contributed by atoms with van der Waals surface area (Å²) in [6, 6.07) is 9.29. The number of nitrogens with zero attached hydrogens (tertiary/aromatic N) is 4. The Bertz CT molecular complexity index is 1340. The Labute approximate surface area is 219 Å². The quantitative estimate of drug-likeness (QED) is 0.321. The minimum absolute atomic E-state index is 0.0304. The predicted molar refractivity (Wildman–Crippen MR) is 143 cm³/mol. The van der Waals surface area contributed by atoms with Crippen molar-refractivity contribution < 1.29 is 19.0 Å². The second-order valence-corrected chi connectivity index (χ2v) is 9.55. The van der Waals surface area contributed by atoms with E-state index >= 15 is 0 Å². The third kappa shape index (κ3) is 5.73. The third-order valence-corrected chi connectivity index (χ3v) is 6.68. The van der Waals surface area contributed by atoms with E-state index in [1.165, 1.54) is 17.7 Å². The van der Waals surface area contributed by atoms with Crippen molar-refractivity contribution in [3.63, 3.8) is 0 Å². The highest BCUT2D eigenvalue weighted by molar-refractivity contribution is 7.14. The molecule has 0 bridgehead atoms. The van der Waals surface area contributed by atoms with Crippen LogP contribution in [0.2, 0.25) is 0 Å². The zero-order valence-electron chi connectivity index (χ0n) is 21.4. The Kier molecular flexibility index (Phi) is 8.04. The largest absolute Gasteiger partial charge is 0.493 e. The van der Waals surface area contributed by atoms with Crippen LogP contribution in [0.15, 0.2) is 48.4 Å². The molecule has 0 fully saturated rings. The summed E-state index contributed by atoms with van der Waals surface area (Å²) in [7, 11) is 4.77. The first-order valence-corrected chi connectivity index (χ1v) is 12.5. The van der Waals surface area contributed by atoms with Gasteiger partial charge in [0.1, 0.15) is 12.7 Å². The topological polar surface area (TPSA) is 126 Å². The highest BCUT2D eigenvalue weighted by Crippen LogP contribution is 2.39. The predicted octanol–water partition coefficient (Wildman–Crippen LogP) is 3.93. The smallest absolute Gasteiger partial charge is 0.243 e. The number of aromatic nitrogens is 4. The SMILES string of the molecule is COc1cc(Cc2ccc(-c3csc(NC(=O)[C@@H](N)C(C)C)n3)cc2-n2cncn2)cc(OC)c1OC. The molecule has 37 heavy (non-hydrogen) atoms. The van der Waals surface area contributed by atoms with Gasteiger partial charge in [-0.25, -0.2) is 14.6 Å². The molecule has 0 aliphatic heterocycles. The summed E-state index contributed by atoms with van der Waals surface area (Å²) in [5, 5.41) is 9.56. The summed E-state index contributed by atoms with van der Waals surface area (Å²) in [5.41, 5.74) is 10.4. The van der Waals surface area contributed by atoms with Crippen molar-refractivity contribution in [3.05, 3.63) is 59.5 Å². The van der Waals surface area contributed by atoms with Crippen LogP contribution in [-0.4, -0.2) is 53.0 Å². The number of ether oxygens (including phenoxy) is 3. The highest BCUT2D eigenvalue weighted by atomic mass is 32.1. The number of nitrogens with two attached hydrogens (primary N) is 1. The molecule has 4 rings (SSSR count). The first kappa shape index (κ1) is 26.1. The first-order chi connectivity index (χ1) is 17.8. The number of anilines is 1. The minimum atomic E-state index is -0.597. The van der Waals surface area contributed by atoms with E-state index in [4.69, 9.17) is 19.9 Å². The van der Waals surface area contributed by atoms with Crippen LogP contribution in [0.3, 0.4) is 0 Å². The fraction of sp³-hybridized carbons (Fsp3) is 0.308. The average molecular weight is 523 g/mol. The van der Waals surface area contributed by atoms with E-state index in [1.54, 1.807) is 32.3 Å². The monoisotopic (exact) mass is 522 g/mol. The molecule has 0 aliphatic carbocycles. The van der Waals surface area contributed by atoms with E-state index in [0.717, 1.165) is 28.1 Å². The lowest BCUT2D eigenvalue weighted by Crippen LogP contribution is -2.39. The van der Waals surface area contributed by atoms with Crippen LogP contribution < -0.4 is 25.3 Å². The maximum atomic E-state index is 12.3. The van der Waals surface area contributed by atoms with E-state index < -0.39 is 6.04 Å². The van der Waals surface area contributed by atoms with Gasteiger partial charge >= 0.3 is 0 Å². The molecule has 10 nitrogen and oxygen atoms in total. The number of methoxy groups -OCH3 is 3. The summed E-state index contributed by atoms with van der Waals surface area (Å²) in [6.07, 6.45) is 3.72. The van der Waals surface area contributed by atoms with Gasteiger partial charge in [0.15, 0.2) is 16.6 Å². The average Bonchev–Trinajstić information content (AvgIpc) is 3.60. The van der Waals surface area contributed by atoms with Gasteiger partial charge in [-0.2, -0.15) is 5.10 Å². The van der Waals surface area contributed by atoms with Gasteiger partial charge in [0, 0.05) is 10.9 Å². The molecule has 4 aromatic rings. The summed E-state index contributed by atoms with van der Waals surface area (Å²) in [4.78, 5) is 21.1. The molecule has 0 spiro atoms. The van der Waals surface area contributed by atoms with Crippen LogP contribution in [0, 0.1) is 5.92 Å². The molecular weight excluding hydrogens is 492 g/mol. The Morgan fingerprint density at radius 1 is 1.11 bits per heavy atom. The third-order valence-electron chi connectivity index (χ3n) is 5.92. The van der Waals surface area contributed by atoms with Crippen molar-refractivity contribution in [3.8, 4) is 34.2 Å². The molecule has 3 N–H and O–H groups in total. The molecule has 0 aliphatic rings. The number of thiazole rings is 1. The molecule has 11 heteroatoms. The Morgan fingerprint density at radius 3 is 2.43 bits per heavy atom. The Hall–Kier alpha value is -3.96. The van der Waals surface area contributed by atoms with Gasteiger partial charge in [-0.15, -0.1) is 11.3 Å². The normalized spacial score (nSPS) is 11.9. The maximum Gasteiger partial charge on any atom is 0.243 e. The van der Waals surface area contributed by atoms with Crippen LogP contribution in [0.5, 0.6) is 17.2 Å². The van der Waals surface area contributed by atoms with Crippen molar-refractivity contribution in [2.24, 2.45) is 11.7 Å². The van der Waals surface area contributed by atoms with Crippen LogP contribution in [0.1, 0.15) is 25.0 Å². The number of amides is 1. The molecule has 2 aromatic carbocycles. The second-order valence-electron chi connectivity index (χ2n) is 8.69. The van der Waals surface area contributed by atoms with Crippen LogP contribution >= 0.6 is 11.3 Å². The van der Waals surface area contributed by atoms with Gasteiger partial charge in [0.2, 0.25) is 11.7 Å². The molecule has 1 atom stereocenters. The van der Waals surface area contributed by atoms with E-state index in [-0.39, 0.29) is 11.8 Å². The highest BCUT2D eigenvalue weighted by Gasteiger charge is 2.19. The fourth-order valence-electron chi connectivity index (χ4n) is 3.83. The number of nitrogens with one attached hydrogen (secondary N) is 1. The van der Waals surface area contributed by atoms with Crippen molar-refractivity contribution in [2.75, 3.05) is 26.6 Å². The summed E-state index contributed by atoms with van der Waals surface area (Å²) < 4.78 is 18.2. The molecule has 0 saturated heterocycles. The Morgan fingerprint density at radius 2 is 1.84 bits per heavy atom. The number of carbonyl (C=O) groups excluding carboxylic acids is 1. The van der Waals surface area contributed by atoms with E-state index in [9.17, 15) is 4.79 Å². The van der Waals surface area contributed by atoms with Crippen molar-refractivity contribution in [2.45, 2.75) is 26.3 Å². The lowest BCUT2D eigenvalue weighted by Gasteiger charge is -2.16. The first-order valence-electron chi connectivity index (χ1n) is 11.6. The van der Waals surface area contributed by atoms with Gasteiger partial charge < -0.3 is 25.3 Å². The van der Waals surface area contributed by atoms with Crippen LogP contribution in [0.4, 0.5) is 5.13 Å². The molecule has 0 saturated carbocycles. The fourth-order valence-corrected chi connectivity index (χ4v) is 4.55. The maximum absolute atomic E-state index is 12.3. The summed E-state index contributed by atoms with van der Waals surface area (Å²) in [5.74, 6) is 1.50. The van der Waals surface area contributed by atoms with Gasteiger partial charge in [-0.05, 0) is 41.7 Å². The molecule has 0 radical (unpaired) electrons. The molecule has 0 unspecified atom stereocenters. The van der Waals surface area contributed by atoms with Gasteiger partial charge in [-0.1, -0.05) is 26.0 Å². The van der Waals surface area contributed by atoms with Crippen molar-refractivity contribution in [1.29, 1.82) is 0 Å². The number of hydrogen-bond acceptors (Lipinski definition) is 9. The lowest BCUT2D eigenvalue weighted by molar-refractivity contribution is -0.118. The van der Waals surface area contributed by atoms with Crippen molar-refractivity contribution in [1.82, 2.24) is 19.7 Å². The van der Waals surface area contributed by atoms with Gasteiger partial charge in [0.05, 0.1) is 38.8 Å². The minimum Gasteiger partial charge on any atom is -0.493 e. The molecule has 2 heterocycles. The zero-order valence-corrected chi connectivity index (χ0v) is 22.2. The standard InChI is InChI=1S/C26H30N6O4S/c1-15(2)23(27)25(33)31-26-30-19(12-37-26)17-6-7-18(20(11-17)32-14-28-13-29-32)8-16-9-21(34-3)24(36-5)22(10-16)35-4/h6-7,9-15,23H,8,27H2,1-5H3,(H,30,31,33)/t23-/m0/s1. The van der Waals surface area contributed by atoms with Gasteiger partial charge in [-0.3, -0.25) is 4.79 Å². The molecule has 194 valence electrons. The lowest BCUT2D eigenvalue weighted by atomic mass is 9.99. The van der Waals surface area contributed by atoms with Crippen LogP contribution in [-0.2, 0) is 11.2 Å². The second kappa shape index (κ2) is 11.4. The number of benzene rings is 2. The van der Waals surface area contributed by atoms with E-state index in [1.807, 2.05) is 49.6 Å². The van der Waals surface area contributed by atoms with Gasteiger partial charge in [0.25, 0.3) is 0 Å². The van der Waals surface area contributed by atoms with Crippen LogP contribution in [0.25, 0.3) is 16.9 Å². The number of carbonyl (C=O) groups is 1. The Balaban J connectivity index is 1.66. The van der Waals surface area contributed by atoms with E-state index in [0.29, 0.717) is 28.8 Å². The number of hydrogen-bond donors (Lipinski definition) is 2. The summed E-state index contributed by atoms with van der Waals surface area (Å²) in [6.45, 7) is 3.81. The zero-order chi connectivity index (χ0) is 26.5. The molecule has 2 aromatic heterocycles. The molecule has 1 amide bonds. The molecular formula is C26H30N6O4S. The summed E-state index contributed by atoms with van der Waals surface area (Å²) >= 11 is 1.35.